The van der Waals surface area contributed by atoms with Crippen LogP contribution in [0.5, 0.6) is 0 Å². The third kappa shape index (κ3) is 1.44. The second-order valence-electron chi connectivity index (χ2n) is 4.67. The van der Waals surface area contributed by atoms with Crippen molar-refractivity contribution in [2.24, 2.45) is 5.92 Å². The first kappa shape index (κ1) is 10.4. The van der Waals surface area contributed by atoms with Crippen molar-refractivity contribution in [2.75, 3.05) is 6.54 Å². The summed E-state index contributed by atoms with van der Waals surface area (Å²) in [7, 11) is 0. The Balaban J connectivity index is 1.98. The van der Waals surface area contributed by atoms with E-state index in [0.29, 0.717) is 22.4 Å². The number of halogens is 2. The van der Waals surface area contributed by atoms with Crippen molar-refractivity contribution in [2.45, 2.75) is 18.3 Å². The van der Waals surface area contributed by atoms with E-state index in [-0.39, 0.29) is 11.3 Å². The van der Waals surface area contributed by atoms with E-state index >= 15 is 0 Å². The summed E-state index contributed by atoms with van der Waals surface area (Å²) in [5.41, 5.74) is 1.19. The maximum absolute atomic E-state index is 11.5. The van der Waals surface area contributed by atoms with E-state index in [4.69, 9.17) is 23.2 Å². The molecular weight excluding hydrogens is 245 g/mol. The van der Waals surface area contributed by atoms with Gasteiger partial charge in [0.1, 0.15) is 0 Å². The number of hydrogen-bond acceptors (Lipinski definition) is 1. The molecule has 1 N–H and O–H groups in total. The maximum atomic E-state index is 11.5. The van der Waals surface area contributed by atoms with Crippen LogP contribution in [0.1, 0.15) is 18.4 Å². The zero-order valence-corrected chi connectivity index (χ0v) is 10.1. The molecule has 2 atom stereocenters. The van der Waals surface area contributed by atoms with E-state index in [0.717, 1.165) is 18.5 Å². The SMILES string of the molecule is O=C1C[C@]2(c3ccc(Cl)c(Cl)c3)C[C@@H]2CN1. The van der Waals surface area contributed by atoms with E-state index in [1.54, 1.807) is 0 Å². The summed E-state index contributed by atoms with van der Waals surface area (Å²) < 4.78 is 0. The quantitative estimate of drug-likeness (QED) is 0.822. The fraction of sp³-hybridized carbons (Fsp3) is 0.417. The molecule has 1 amide bonds. The smallest absolute Gasteiger partial charge is 0.220 e. The number of amides is 1. The Morgan fingerprint density at radius 2 is 2.12 bits per heavy atom. The summed E-state index contributed by atoms with van der Waals surface area (Å²) >= 11 is 11.9. The average Bonchev–Trinajstić information content (AvgIpc) is 2.96. The summed E-state index contributed by atoms with van der Waals surface area (Å²) in [6.07, 6.45) is 1.65. The summed E-state index contributed by atoms with van der Waals surface area (Å²) in [4.78, 5) is 11.5. The Morgan fingerprint density at radius 1 is 1.31 bits per heavy atom. The van der Waals surface area contributed by atoms with Gasteiger partial charge in [-0.15, -0.1) is 0 Å². The molecular formula is C12H11Cl2NO. The van der Waals surface area contributed by atoms with Gasteiger partial charge in [0.2, 0.25) is 5.91 Å². The third-order valence-corrected chi connectivity index (χ3v) is 4.49. The minimum absolute atomic E-state index is 0.0383. The molecule has 16 heavy (non-hydrogen) atoms. The molecule has 1 aromatic rings. The second-order valence-corrected chi connectivity index (χ2v) is 5.48. The van der Waals surface area contributed by atoms with Gasteiger partial charge >= 0.3 is 0 Å². The normalized spacial score (nSPS) is 31.9. The predicted octanol–water partition coefficient (Wildman–Crippen LogP) is 2.77. The van der Waals surface area contributed by atoms with Crippen molar-refractivity contribution < 1.29 is 4.79 Å². The number of hydrogen-bond donors (Lipinski definition) is 1. The molecule has 1 saturated heterocycles. The topological polar surface area (TPSA) is 29.1 Å². The molecule has 0 bridgehead atoms. The number of piperidine rings is 1. The van der Waals surface area contributed by atoms with Gasteiger partial charge in [-0.3, -0.25) is 4.79 Å². The van der Waals surface area contributed by atoms with Crippen LogP contribution in [0.3, 0.4) is 0 Å². The van der Waals surface area contributed by atoms with Crippen LogP contribution in [-0.2, 0) is 10.2 Å². The van der Waals surface area contributed by atoms with E-state index in [2.05, 4.69) is 5.32 Å². The Morgan fingerprint density at radius 3 is 2.88 bits per heavy atom. The molecule has 2 fully saturated rings. The number of fused-ring (bicyclic) bond motifs is 1. The molecule has 1 aliphatic heterocycles. The first-order valence-corrected chi connectivity index (χ1v) is 6.10. The van der Waals surface area contributed by atoms with E-state index in [1.807, 2.05) is 18.2 Å². The lowest BCUT2D eigenvalue weighted by Crippen LogP contribution is -2.36. The van der Waals surface area contributed by atoms with E-state index in [9.17, 15) is 4.79 Å². The first-order chi connectivity index (χ1) is 7.62. The van der Waals surface area contributed by atoms with Gasteiger partial charge in [0.25, 0.3) is 0 Å². The number of carbonyl (C=O) groups excluding carboxylic acids is 1. The molecule has 0 aromatic heterocycles. The summed E-state index contributed by atoms with van der Waals surface area (Å²) in [6.45, 7) is 0.791. The van der Waals surface area contributed by atoms with Crippen LogP contribution >= 0.6 is 23.2 Å². The van der Waals surface area contributed by atoms with E-state index < -0.39 is 0 Å². The molecule has 1 aliphatic carbocycles. The highest BCUT2D eigenvalue weighted by Gasteiger charge is 2.58. The van der Waals surface area contributed by atoms with Gasteiger partial charge in [0, 0.05) is 18.4 Å². The molecule has 2 aliphatic rings. The average molecular weight is 256 g/mol. The first-order valence-electron chi connectivity index (χ1n) is 5.34. The van der Waals surface area contributed by atoms with Gasteiger partial charge in [-0.1, -0.05) is 29.3 Å². The van der Waals surface area contributed by atoms with Crippen molar-refractivity contribution in [1.29, 1.82) is 0 Å². The van der Waals surface area contributed by atoms with Gasteiger partial charge < -0.3 is 5.32 Å². The number of carbonyl (C=O) groups is 1. The number of nitrogens with one attached hydrogen (secondary N) is 1. The van der Waals surface area contributed by atoms with Crippen LogP contribution in [0.25, 0.3) is 0 Å². The zero-order valence-electron chi connectivity index (χ0n) is 8.59. The summed E-state index contributed by atoms with van der Waals surface area (Å²) in [5.74, 6) is 0.710. The lowest BCUT2D eigenvalue weighted by Gasteiger charge is -2.22. The highest BCUT2D eigenvalue weighted by molar-refractivity contribution is 6.42. The molecule has 1 saturated carbocycles. The summed E-state index contributed by atoms with van der Waals surface area (Å²) in [5, 5.41) is 4.04. The van der Waals surface area contributed by atoms with Crippen molar-refractivity contribution in [3.8, 4) is 0 Å². The Kier molecular flexibility index (Phi) is 2.20. The number of rotatable bonds is 1. The maximum Gasteiger partial charge on any atom is 0.220 e. The highest BCUT2D eigenvalue weighted by atomic mass is 35.5. The Labute approximate surface area is 104 Å². The minimum atomic E-state index is 0.0383. The molecule has 3 rings (SSSR count). The van der Waals surface area contributed by atoms with Gasteiger partial charge in [0.15, 0.2) is 0 Å². The van der Waals surface area contributed by atoms with Crippen molar-refractivity contribution >= 4 is 29.1 Å². The largest absolute Gasteiger partial charge is 0.356 e. The fourth-order valence-electron chi connectivity index (χ4n) is 2.71. The molecule has 2 nitrogen and oxygen atoms in total. The van der Waals surface area contributed by atoms with Gasteiger partial charge in [-0.2, -0.15) is 0 Å². The fourth-order valence-corrected chi connectivity index (χ4v) is 3.01. The van der Waals surface area contributed by atoms with Crippen LogP contribution in [0.15, 0.2) is 18.2 Å². The van der Waals surface area contributed by atoms with Gasteiger partial charge in [-0.05, 0) is 30.0 Å². The lowest BCUT2D eigenvalue weighted by atomic mass is 9.87. The molecule has 0 spiro atoms. The van der Waals surface area contributed by atoms with Crippen molar-refractivity contribution in [3.05, 3.63) is 33.8 Å². The summed E-state index contributed by atoms with van der Waals surface area (Å²) in [6, 6.07) is 5.71. The number of benzene rings is 1. The highest BCUT2D eigenvalue weighted by Crippen LogP contribution is 2.58. The standard InChI is InChI=1S/C12H11Cl2NO/c13-9-2-1-7(3-10(9)14)12-4-8(12)6-15-11(16)5-12/h1-3,8H,4-6H2,(H,15,16)/t8-,12+/m1/s1. The van der Waals surface area contributed by atoms with Crippen LogP contribution < -0.4 is 5.32 Å². The second kappa shape index (κ2) is 3.38. The minimum Gasteiger partial charge on any atom is -0.356 e. The van der Waals surface area contributed by atoms with Crippen LogP contribution in [0, 0.1) is 5.92 Å². The molecule has 4 heteroatoms. The molecule has 84 valence electrons. The molecule has 0 radical (unpaired) electrons. The van der Waals surface area contributed by atoms with Crippen molar-refractivity contribution in [1.82, 2.24) is 5.32 Å². The molecule has 1 aromatic carbocycles. The lowest BCUT2D eigenvalue weighted by molar-refractivity contribution is -0.122. The van der Waals surface area contributed by atoms with Crippen LogP contribution in [-0.4, -0.2) is 12.5 Å². The van der Waals surface area contributed by atoms with E-state index in [1.165, 1.54) is 0 Å². The zero-order chi connectivity index (χ0) is 11.3. The molecule has 0 unspecified atom stereocenters. The third-order valence-electron chi connectivity index (χ3n) is 3.75. The van der Waals surface area contributed by atoms with Gasteiger partial charge in [-0.25, -0.2) is 0 Å². The predicted molar refractivity (Wildman–Crippen MR) is 63.9 cm³/mol. The molecule has 1 heterocycles. The Bertz CT molecular complexity index is 474. The van der Waals surface area contributed by atoms with Crippen LogP contribution in [0.2, 0.25) is 10.0 Å². The Hall–Kier alpha value is -0.730. The monoisotopic (exact) mass is 255 g/mol. The van der Waals surface area contributed by atoms with Crippen molar-refractivity contribution in [3.63, 3.8) is 0 Å². The van der Waals surface area contributed by atoms with Gasteiger partial charge in [0.05, 0.1) is 10.0 Å². The van der Waals surface area contributed by atoms with Crippen LogP contribution in [0.4, 0.5) is 0 Å².